The van der Waals surface area contributed by atoms with Gasteiger partial charge < -0.3 is 83.0 Å². The summed E-state index contributed by atoms with van der Waals surface area (Å²) in [5, 5.41) is 30.9. The van der Waals surface area contributed by atoms with Crippen LogP contribution in [0, 0.1) is 181 Å². The molecule has 18 fully saturated rings. The van der Waals surface area contributed by atoms with Gasteiger partial charge in [0, 0.05) is 93.7 Å². The molecule has 3 aliphatic heterocycles. The second-order valence-electron chi connectivity index (χ2n) is 45.5. The van der Waals surface area contributed by atoms with Crippen LogP contribution in [0.25, 0.3) is 0 Å². The fourth-order valence-electron chi connectivity index (χ4n) is 34.7. The number of halogens is 1. The van der Waals surface area contributed by atoms with Crippen LogP contribution in [0.2, 0.25) is 0 Å². The maximum Gasteiger partial charge on any atom is 2.00 e. The van der Waals surface area contributed by atoms with Crippen LogP contribution in [0.3, 0.4) is 0 Å². The topological polar surface area (TPSA) is 203 Å². The first-order valence-electron chi connectivity index (χ1n) is 49.5. The molecule has 128 heavy (non-hydrogen) atoms. The smallest absolute Gasteiger partial charge is 1.00 e. The van der Waals surface area contributed by atoms with Crippen LogP contribution < -0.4 is 17.0 Å². The summed E-state index contributed by atoms with van der Waals surface area (Å²) in [6.07, 6.45) is 87.1. The van der Waals surface area contributed by atoms with Crippen LogP contribution in [-0.4, -0.2) is 149 Å². The number of rotatable bonds is 2. The van der Waals surface area contributed by atoms with Gasteiger partial charge in [0.15, 0.2) is 23.1 Å². The van der Waals surface area contributed by atoms with Crippen LogP contribution in [0.1, 0.15) is 276 Å². The van der Waals surface area contributed by atoms with Gasteiger partial charge in [0.05, 0.1) is 51.8 Å². The van der Waals surface area contributed by atoms with E-state index < -0.39 is 11.7 Å². The molecule has 3 saturated heterocycles. The first-order chi connectivity index (χ1) is 60.0. The summed E-state index contributed by atoms with van der Waals surface area (Å²) in [4.78, 5) is 46.9. The zero-order valence-electron chi connectivity index (χ0n) is 79.2. The van der Waals surface area contributed by atoms with E-state index >= 15 is 0 Å². The Hall–Kier alpha value is -4.75. The van der Waals surface area contributed by atoms with E-state index in [4.69, 9.17) is 50.7 Å². The monoisotopic (exact) mass is 1820 g/mol. The van der Waals surface area contributed by atoms with E-state index in [0.29, 0.717) is 76.8 Å². The van der Waals surface area contributed by atoms with Crippen LogP contribution in [0.5, 0.6) is 0 Å². The molecule has 0 radical (unpaired) electrons. The molecule has 30 atom stereocenters. The number of ether oxygens (including phenoxy) is 8. The molecule has 3 spiro atoms. The summed E-state index contributed by atoms with van der Waals surface area (Å²) in [6.45, 7) is 31.2. The van der Waals surface area contributed by atoms with Crippen LogP contribution >= 0.6 is 0 Å². The molecule has 692 valence electrons. The average Bonchev–Trinajstić information content (AvgIpc) is 1.60. The largest absolute Gasteiger partial charge is 2.00 e. The SMILES string of the molecule is C#C.C#C[C@]1(O)CCC2C3CCC4=C[C@@H](O)C=C[C@]4(C)C3CC[C@@]21C.CC(=O)OC1C=C[C@@]2(C)C(=C1)CCC1C2CC[C@@]2(C)C1CCC21OCCO1.CC(=O)OC1C=C[C@@]2(C)C(=C1)CCC1C2CC[C@]2(C)C(=O)CCC12.C[C@]12C=CC(=O)C=C1CCC1C2CC[C@@]2(C)C1CCC21OCCO1.C[C@]12C=CC(O)C=C1CCC1C2CC[C@@]2(C)C1CCC21OCCO1.[Br-].[C-]#C.[Mg+2]. The first-order valence-corrected chi connectivity index (χ1v) is 49.5. The first kappa shape index (κ1) is 97.8. The van der Waals surface area contributed by atoms with Crippen molar-refractivity contribution in [3.05, 3.63) is 125 Å². The Morgan fingerprint density at radius 2 is 0.688 bits per heavy atom. The minimum Gasteiger partial charge on any atom is -1.00 e. The summed E-state index contributed by atoms with van der Waals surface area (Å²) >= 11 is 0. The van der Waals surface area contributed by atoms with Gasteiger partial charge in [-0.15, -0.1) is 19.3 Å². The summed E-state index contributed by atoms with van der Waals surface area (Å²) in [5.74, 6) is 12.1. The van der Waals surface area contributed by atoms with Gasteiger partial charge >= 0.3 is 35.0 Å². The van der Waals surface area contributed by atoms with Gasteiger partial charge in [-0.25, -0.2) is 0 Å². The summed E-state index contributed by atoms with van der Waals surface area (Å²) < 4.78 is 48.1. The molecule has 0 aromatic rings. The zero-order chi connectivity index (χ0) is 89.6. The molecule has 0 bridgehead atoms. The van der Waals surface area contributed by atoms with E-state index in [9.17, 15) is 34.5 Å². The number of aliphatic hydroxyl groups is 3. The number of esters is 2. The Bertz CT molecular complexity index is 4640. The zero-order valence-corrected chi connectivity index (χ0v) is 82.2. The van der Waals surface area contributed by atoms with Crippen molar-refractivity contribution < 1.29 is 89.4 Å². The molecule has 17 heteroatoms. The van der Waals surface area contributed by atoms with Crippen LogP contribution in [0.4, 0.5) is 0 Å². The number of hydrogen-bond donors (Lipinski definition) is 3. The fraction of sp³-hybridized carbons (Fsp3) is 0.730. The number of aliphatic hydroxyl groups excluding tert-OH is 2. The molecule has 3 N–H and O–H groups in total. The molecule has 0 aromatic carbocycles. The number of Topliss-reactive ketones (excluding diaryl/α,β-unsaturated/α-hetero) is 1. The van der Waals surface area contributed by atoms with Gasteiger partial charge in [-0.1, -0.05) is 158 Å². The van der Waals surface area contributed by atoms with Crippen molar-refractivity contribution >= 4 is 46.6 Å². The van der Waals surface area contributed by atoms with E-state index in [0.717, 1.165) is 160 Å². The third-order valence-electron chi connectivity index (χ3n) is 41.3. The predicted octanol–water partition coefficient (Wildman–Crippen LogP) is 17.0. The molecule has 3 heterocycles. The molecular formula is C111H149BrMgO15. The summed E-state index contributed by atoms with van der Waals surface area (Å²) in [5.41, 5.74) is 7.08. The minimum absolute atomic E-state index is 0. The molecule has 20 aliphatic carbocycles. The molecule has 23 rings (SSSR count). The van der Waals surface area contributed by atoms with E-state index in [2.05, 4.69) is 161 Å². The predicted molar refractivity (Wildman–Crippen MR) is 493 cm³/mol. The maximum atomic E-state index is 12.4. The third-order valence-corrected chi connectivity index (χ3v) is 41.3. The van der Waals surface area contributed by atoms with E-state index in [1.165, 1.54) is 132 Å². The maximum absolute atomic E-state index is 12.4. The van der Waals surface area contributed by atoms with E-state index in [-0.39, 0.29) is 148 Å². The number of allylic oxidation sites excluding steroid dienone is 12. The molecule has 0 aromatic heterocycles. The molecule has 23 aliphatic rings. The van der Waals surface area contributed by atoms with Gasteiger partial charge in [0.2, 0.25) is 0 Å². The normalized spacial score (nSPS) is 47.4. The van der Waals surface area contributed by atoms with Crippen molar-refractivity contribution in [3.63, 3.8) is 0 Å². The number of hydrogen-bond acceptors (Lipinski definition) is 15. The summed E-state index contributed by atoms with van der Waals surface area (Å²) in [6, 6.07) is 0. The van der Waals surface area contributed by atoms with Crippen LogP contribution in [0.15, 0.2) is 119 Å². The van der Waals surface area contributed by atoms with Gasteiger partial charge in [0.25, 0.3) is 0 Å². The van der Waals surface area contributed by atoms with Gasteiger partial charge in [-0.05, 0) is 292 Å². The van der Waals surface area contributed by atoms with Crippen LogP contribution in [-0.2, 0) is 57.1 Å². The Morgan fingerprint density at radius 3 is 1.05 bits per heavy atom. The average molecular weight is 1830 g/mol. The Morgan fingerprint density at radius 1 is 0.391 bits per heavy atom. The Balaban J connectivity index is 0.000000121. The van der Waals surface area contributed by atoms with Gasteiger partial charge in [-0.2, -0.15) is 0 Å². The Kier molecular flexibility index (Phi) is 27.5. The molecule has 15 nitrogen and oxygen atoms in total. The van der Waals surface area contributed by atoms with E-state index in [1.54, 1.807) is 6.08 Å². The molecule has 0 amide bonds. The third kappa shape index (κ3) is 15.2. The quantitative estimate of drug-likeness (QED) is 0.0774. The van der Waals surface area contributed by atoms with E-state index in [1.807, 2.05) is 18.2 Å². The summed E-state index contributed by atoms with van der Waals surface area (Å²) in [7, 11) is 0. The standard InChI is InChI=1S/C23H32O4.C21H30O3.2C21H28O3.C21H28O2.C2H2.C2H.BrH.Mg/c1-15(24)27-17-6-9-21(2)16(14-17)4-5-18-19(21)7-10-22(3)20(18)8-11-23(22)25-12-13-26-23;2*1-19-8-5-15(22)13-14(19)3-4-16-17(19)6-9-20(2)18(16)7-10-21(20)23-11-12-24-21;1-13(22)24-15-8-10-20(2)14(12-15)4-5-16-17-6-7-19(23)21(17,3)11-9-18(16)20;1-4-21(23)12-9-18-16-6-5-14-13-15(22)7-10-19(14,2)17(16)8-11-20(18,21)3;2*1-2;;/h6,9,14,17-20H,4-5,7-8,10-13H2,1-3H3;5,8,13,15-18,22H,3-4,6-7,9-12H2,1-2H3;5,8,13,16-18H,3-4,6-7,9-12H2,1-2H3;8,10,12,15-18H,4-7,9,11H2,1-3H3;1,7,10,13,15-18,22-23H,5-6,8-9,11-12H2,2-3H3;1-2H;1H;1H;/q;;;;;;-1;;+2/p-1/t17?,18?,19?,20?,21-,22-;15?,16?,17?,18?,19-,20-;16?,17?,18?,19-,20-;15?,16?,17?,18?,20-,21-;15-,16?,17?,18?,19-,20-,21-;;;;/m00000..../s1. The number of ketones is 2. The van der Waals surface area contributed by atoms with Crippen molar-refractivity contribution in [1.29, 1.82) is 0 Å². The molecular weight excluding hydrogens is 1680 g/mol. The second kappa shape index (κ2) is 36.1. The van der Waals surface area contributed by atoms with Crippen molar-refractivity contribution in [3.8, 4) is 31.6 Å². The number of carbonyl (C=O) groups is 4. The van der Waals surface area contributed by atoms with Crippen molar-refractivity contribution in [1.82, 2.24) is 0 Å². The van der Waals surface area contributed by atoms with Gasteiger partial charge in [-0.3, -0.25) is 19.2 Å². The van der Waals surface area contributed by atoms with Crippen molar-refractivity contribution in [2.24, 2.45) is 143 Å². The number of carbonyl (C=O) groups excluding carboxylic acids is 4. The number of fused-ring (bicyclic) bond motifs is 28. The number of terminal acetylenes is 3. The molecule has 15 saturated carbocycles. The molecule has 18 unspecified atom stereocenters. The second-order valence-corrected chi connectivity index (χ2v) is 45.5. The van der Waals surface area contributed by atoms with Crippen molar-refractivity contribution in [2.75, 3.05) is 39.6 Å². The van der Waals surface area contributed by atoms with Gasteiger partial charge in [0.1, 0.15) is 23.6 Å². The van der Waals surface area contributed by atoms with Crippen molar-refractivity contribution in [2.45, 2.75) is 323 Å². The fourth-order valence-corrected chi connectivity index (χ4v) is 34.7. The Labute approximate surface area is 793 Å². The minimum atomic E-state index is -0.918.